The standard InChI is InChI=1S/C24H32N2OS/c1-19-8-10-21(11-9-19)16-26-13-4-7-23(17-26)24(27)25-12-14-28-18-22-6-3-5-20(2)15-22/h3,5-6,8-11,15,23H,4,7,12-14,16-18H2,1-2H3,(H,25,27). The van der Waals surface area contributed by atoms with Crippen molar-refractivity contribution in [2.75, 3.05) is 25.4 Å². The highest BCUT2D eigenvalue weighted by Crippen LogP contribution is 2.19. The van der Waals surface area contributed by atoms with E-state index in [1.165, 1.54) is 22.3 Å². The SMILES string of the molecule is Cc1ccc(CN2CCCC(C(=O)NCCSCc3cccc(C)c3)C2)cc1. The highest BCUT2D eigenvalue weighted by molar-refractivity contribution is 7.98. The highest BCUT2D eigenvalue weighted by Gasteiger charge is 2.25. The third kappa shape index (κ3) is 6.68. The first-order valence-corrected chi connectivity index (χ1v) is 11.4. The fourth-order valence-electron chi connectivity index (χ4n) is 3.75. The van der Waals surface area contributed by atoms with Crippen LogP contribution in [0.4, 0.5) is 0 Å². The highest BCUT2D eigenvalue weighted by atomic mass is 32.2. The fourth-order valence-corrected chi connectivity index (χ4v) is 4.55. The van der Waals surface area contributed by atoms with Crippen LogP contribution in [0.15, 0.2) is 48.5 Å². The van der Waals surface area contributed by atoms with Gasteiger partial charge in [-0.3, -0.25) is 9.69 Å². The molecule has 3 rings (SSSR count). The summed E-state index contributed by atoms with van der Waals surface area (Å²) in [6.45, 7) is 7.89. The topological polar surface area (TPSA) is 32.3 Å². The minimum Gasteiger partial charge on any atom is -0.355 e. The molecule has 1 fully saturated rings. The van der Waals surface area contributed by atoms with Crippen LogP contribution in [0.5, 0.6) is 0 Å². The molecule has 1 atom stereocenters. The fraction of sp³-hybridized carbons (Fsp3) is 0.458. The van der Waals surface area contributed by atoms with E-state index in [1.54, 1.807) is 0 Å². The Kier molecular flexibility index (Phi) is 7.99. The molecule has 0 bridgehead atoms. The predicted octanol–water partition coefficient (Wildman–Crippen LogP) is 4.57. The normalized spacial score (nSPS) is 17.4. The molecule has 1 aliphatic rings. The van der Waals surface area contributed by atoms with Crippen LogP contribution in [-0.2, 0) is 17.1 Å². The van der Waals surface area contributed by atoms with Crippen LogP contribution in [0.1, 0.15) is 35.1 Å². The first kappa shape index (κ1) is 20.9. The first-order valence-electron chi connectivity index (χ1n) is 10.3. The van der Waals surface area contributed by atoms with E-state index in [-0.39, 0.29) is 11.8 Å². The third-order valence-electron chi connectivity index (χ3n) is 5.30. The molecule has 0 radical (unpaired) electrons. The summed E-state index contributed by atoms with van der Waals surface area (Å²) in [7, 11) is 0. The Bertz CT molecular complexity index is 759. The quantitative estimate of drug-likeness (QED) is 0.664. The molecule has 0 aromatic heterocycles. The summed E-state index contributed by atoms with van der Waals surface area (Å²) in [6, 6.07) is 17.4. The molecule has 2 aromatic rings. The second-order valence-electron chi connectivity index (χ2n) is 7.89. The average molecular weight is 397 g/mol. The first-order chi connectivity index (χ1) is 13.6. The lowest BCUT2D eigenvalue weighted by molar-refractivity contribution is -0.126. The molecule has 1 saturated heterocycles. The van der Waals surface area contributed by atoms with Crippen molar-refractivity contribution in [3.05, 3.63) is 70.8 Å². The number of hydrogen-bond donors (Lipinski definition) is 1. The zero-order valence-electron chi connectivity index (χ0n) is 17.1. The molecule has 0 saturated carbocycles. The number of thioether (sulfide) groups is 1. The van der Waals surface area contributed by atoms with E-state index in [1.807, 2.05) is 11.8 Å². The zero-order chi connectivity index (χ0) is 19.8. The number of aryl methyl sites for hydroxylation is 2. The van der Waals surface area contributed by atoms with E-state index in [0.717, 1.165) is 50.5 Å². The molecule has 1 N–H and O–H groups in total. The van der Waals surface area contributed by atoms with Gasteiger partial charge in [0.15, 0.2) is 0 Å². The average Bonchev–Trinajstić information content (AvgIpc) is 2.70. The monoisotopic (exact) mass is 396 g/mol. The van der Waals surface area contributed by atoms with E-state index >= 15 is 0 Å². The predicted molar refractivity (Wildman–Crippen MR) is 120 cm³/mol. The lowest BCUT2D eigenvalue weighted by Crippen LogP contribution is -2.43. The summed E-state index contributed by atoms with van der Waals surface area (Å²) in [4.78, 5) is 15.0. The van der Waals surface area contributed by atoms with Gasteiger partial charge in [-0.15, -0.1) is 0 Å². The summed E-state index contributed by atoms with van der Waals surface area (Å²) in [5, 5.41) is 3.16. The van der Waals surface area contributed by atoms with Gasteiger partial charge < -0.3 is 5.32 Å². The van der Waals surface area contributed by atoms with Gasteiger partial charge in [0.25, 0.3) is 0 Å². The maximum absolute atomic E-state index is 12.6. The molecular formula is C24H32N2OS. The number of amides is 1. The summed E-state index contributed by atoms with van der Waals surface area (Å²) >= 11 is 1.88. The summed E-state index contributed by atoms with van der Waals surface area (Å²) in [5.41, 5.74) is 5.29. The summed E-state index contributed by atoms with van der Waals surface area (Å²) in [6.07, 6.45) is 2.11. The Balaban J connectivity index is 1.36. The lowest BCUT2D eigenvalue weighted by Gasteiger charge is -2.32. The molecule has 1 aliphatic heterocycles. The van der Waals surface area contributed by atoms with Gasteiger partial charge in [-0.05, 0) is 44.4 Å². The third-order valence-corrected chi connectivity index (χ3v) is 6.33. The van der Waals surface area contributed by atoms with E-state index in [2.05, 4.69) is 72.6 Å². The van der Waals surface area contributed by atoms with Gasteiger partial charge in [0.1, 0.15) is 0 Å². The van der Waals surface area contributed by atoms with Gasteiger partial charge >= 0.3 is 0 Å². The molecule has 1 heterocycles. The lowest BCUT2D eigenvalue weighted by atomic mass is 9.96. The number of rotatable bonds is 8. The molecule has 2 aromatic carbocycles. The van der Waals surface area contributed by atoms with Crippen molar-refractivity contribution in [3.63, 3.8) is 0 Å². The van der Waals surface area contributed by atoms with Crippen LogP contribution in [0, 0.1) is 19.8 Å². The molecule has 1 unspecified atom stereocenters. The molecule has 1 amide bonds. The largest absolute Gasteiger partial charge is 0.355 e. The second kappa shape index (κ2) is 10.7. The van der Waals surface area contributed by atoms with E-state index < -0.39 is 0 Å². The van der Waals surface area contributed by atoms with Crippen LogP contribution in [0.2, 0.25) is 0 Å². The van der Waals surface area contributed by atoms with E-state index in [0.29, 0.717) is 0 Å². The van der Waals surface area contributed by atoms with Gasteiger partial charge in [-0.25, -0.2) is 0 Å². The minimum atomic E-state index is 0.126. The zero-order valence-corrected chi connectivity index (χ0v) is 17.9. The van der Waals surface area contributed by atoms with Crippen molar-refractivity contribution in [1.29, 1.82) is 0 Å². The number of benzene rings is 2. The number of likely N-dealkylation sites (tertiary alicyclic amines) is 1. The van der Waals surface area contributed by atoms with Gasteiger partial charge in [0, 0.05) is 31.1 Å². The minimum absolute atomic E-state index is 0.126. The number of carbonyl (C=O) groups is 1. The van der Waals surface area contributed by atoms with Crippen LogP contribution in [-0.4, -0.2) is 36.2 Å². The van der Waals surface area contributed by atoms with Crippen molar-refractivity contribution in [2.45, 2.75) is 39.0 Å². The Morgan fingerprint density at radius 3 is 2.71 bits per heavy atom. The van der Waals surface area contributed by atoms with Crippen molar-refractivity contribution in [1.82, 2.24) is 10.2 Å². The smallest absolute Gasteiger partial charge is 0.224 e. The molecular weight excluding hydrogens is 364 g/mol. The summed E-state index contributed by atoms with van der Waals surface area (Å²) < 4.78 is 0. The molecule has 4 heteroatoms. The second-order valence-corrected chi connectivity index (χ2v) is 9.00. The van der Waals surface area contributed by atoms with Crippen molar-refractivity contribution in [2.24, 2.45) is 5.92 Å². The van der Waals surface area contributed by atoms with Crippen molar-refractivity contribution >= 4 is 17.7 Å². The number of hydrogen-bond acceptors (Lipinski definition) is 3. The summed E-state index contributed by atoms with van der Waals surface area (Å²) in [5.74, 6) is 2.32. The van der Waals surface area contributed by atoms with Gasteiger partial charge in [0.2, 0.25) is 5.91 Å². The molecule has 0 aliphatic carbocycles. The van der Waals surface area contributed by atoms with Crippen LogP contribution in [0.3, 0.4) is 0 Å². The Morgan fingerprint density at radius 2 is 1.93 bits per heavy atom. The van der Waals surface area contributed by atoms with Crippen LogP contribution < -0.4 is 5.32 Å². The number of piperidine rings is 1. The molecule has 0 spiro atoms. The van der Waals surface area contributed by atoms with Crippen molar-refractivity contribution < 1.29 is 4.79 Å². The van der Waals surface area contributed by atoms with Crippen LogP contribution >= 0.6 is 11.8 Å². The molecule has 28 heavy (non-hydrogen) atoms. The Morgan fingerprint density at radius 1 is 1.11 bits per heavy atom. The van der Waals surface area contributed by atoms with E-state index in [9.17, 15) is 4.79 Å². The molecule has 3 nitrogen and oxygen atoms in total. The van der Waals surface area contributed by atoms with E-state index in [4.69, 9.17) is 0 Å². The number of nitrogens with one attached hydrogen (secondary N) is 1. The van der Waals surface area contributed by atoms with Gasteiger partial charge in [-0.2, -0.15) is 11.8 Å². The van der Waals surface area contributed by atoms with Crippen LogP contribution in [0.25, 0.3) is 0 Å². The van der Waals surface area contributed by atoms with Crippen molar-refractivity contribution in [3.8, 4) is 0 Å². The Hall–Kier alpha value is -1.78. The maximum atomic E-state index is 12.6. The van der Waals surface area contributed by atoms with Gasteiger partial charge in [-0.1, -0.05) is 59.7 Å². The maximum Gasteiger partial charge on any atom is 0.224 e. The Labute approximate surface area is 173 Å². The molecule has 150 valence electrons. The number of carbonyl (C=O) groups excluding carboxylic acids is 1. The number of nitrogens with zero attached hydrogens (tertiary/aromatic N) is 1. The van der Waals surface area contributed by atoms with Gasteiger partial charge in [0.05, 0.1) is 5.92 Å².